The maximum absolute atomic E-state index is 8.59. The molecule has 0 aromatic rings. The second-order valence-corrected chi connectivity index (χ2v) is 6.28. The van der Waals surface area contributed by atoms with Crippen molar-refractivity contribution in [3.8, 4) is 6.07 Å². The topological polar surface area (TPSA) is 45.5 Å². The van der Waals surface area contributed by atoms with Crippen LogP contribution in [0.2, 0.25) is 0 Å². The Balaban J connectivity index is 4.64. The SMILES string of the molecule is CCC(C)OP(OCCC#N)N(C(C)C)C(C)C. The van der Waals surface area contributed by atoms with Crippen molar-refractivity contribution in [3.05, 3.63) is 0 Å². The van der Waals surface area contributed by atoms with Crippen LogP contribution < -0.4 is 0 Å². The molecule has 0 aromatic heterocycles. The minimum atomic E-state index is -1.08. The van der Waals surface area contributed by atoms with Crippen LogP contribution in [0, 0.1) is 11.3 Å². The zero-order valence-corrected chi connectivity index (χ0v) is 13.4. The summed E-state index contributed by atoms with van der Waals surface area (Å²) in [6, 6.07) is 2.83. The van der Waals surface area contributed by atoms with Crippen molar-refractivity contribution in [1.82, 2.24) is 4.67 Å². The van der Waals surface area contributed by atoms with Crippen molar-refractivity contribution in [2.75, 3.05) is 6.61 Å². The first-order valence-electron chi connectivity index (χ1n) is 6.69. The van der Waals surface area contributed by atoms with E-state index < -0.39 is 8.53 Å². The minimum absolute atomic E-state index is 0.179. The van der Waals surface area contributed by atoms with Crippen LogP contribution in [-0.2, 0) is 9.05 Å². The number of nitrogens with zero attached hydrogens (tertiary/aromatic N) is 2. The Hall–Kier alpha value is -0.200. The third-order valence-electron chi connectivity index (χ3n) is 2.51. The Morgan fingerprint density at radius 1 is 1.17 bits per heavy atom. The summed E-state index contributed by atoms with van der Waals surface area (Å²) in [4.78, 5) is 0. The molecule has 0 amide bonds. The molecule has 0 bridgehead atoms. The van der Waals surface area contributed by atoms with Gasteiger partial charge in [0, 0.05) is 12.1 Å². The van der Waals surface area contributed by atoms with Crippen LogP contribution in [0.3, 0.4) is 0 Å². The van der Waals surface area contributed by atoms with Crippen molar-refractivity contribution in [2.45, 2.75) is 72.6 Å². The molecule has 0 heterocycles. The Labute approximate surface area is 113 Å². The van der Waals surface area contributed by atoms with E-state index in [1.807, 2.05) is 0 Å². The molecule has 0 radical (unpaired) electrons. The maximum Gasteiger partial charge on any atom is 0.259 e. The summed E-state index contributed by atoms with van der Waals surface area (Å²) in [5.74, 6) is 0. The van der Waals surface area contributed by atoms with Crippen LogP contribution in [0.4, 0.5) is 0 Å². The molecular weight excluding hydrogens is 247 g/mol. The van der Waals surface area contributed by atoms with Crippen LogP contribution in [0.15, 0.2) is 0 Å². The van der Waals surface area contributed by atoms with E-state index >= 15 is 0 Å². The highest BCUT2D eigenvalue weighted by atomic mass is 31.2. The van der Waals surface area contributed by atoms with E-state index in [1.165, 1.54) is 0 Å². The van der Waals surface area contributed by atoms with E-state index in [0.717, 1.165) is 6.42 Å². The Kier molecular flexibility index (Phi) is 9.59. The van der Waals surface area contributed by atoms with Gasteiger partial charge in [0.05, 0.1) is 25.2 Å². The fraction of sp³-hybridized carbons (Fsp3) is 0.923. The molecular formula is C13H27N2O2P. The number of rotatable bonds is 9. The summed E-state index contributed by atoms with van der Waals surface area (Å²) < 4.78 is 14.0. The normalized spacial score (nSPS) is 15.1. The fourth-order valence-electron chi connectivity index (χ4n) is 1.52. The van der Waals surface area contributed by atoms with E-state index in [1.54, 1.807) is 0 Å². The molecule has 0 aliphatic heterocycles. The summed E-state index contributed by atoms with van der Waals surface area (Å²) in [6.45, 7) is 13.2. The second-order valence-electron chi connectivity index (χ2n) is 4.87. The first-order valence-corrected chi connectivity index (χ1v) is 7.82. The van der Waals surface area contributed by atoms with E-state index in [-0.39, 0.29) is 6.10 Å². The highest BCUT2D eigenvalue weighted by molar-refractivity contribution is 7.44. The molecule has 0 N–H and O–H groups in total. The summed E-state index contributed by atoms with van der Waals surface area (Å²) in [7, 11) is -1.08. The Bertz CT molecular complexity index is 246. The van der Waals surface area contributed by atoms with Gasteiger partial charge in [0.1, 0.15) is 0 Å². The number of hydrogen-bond donors (Lipinski definition) is 0. The second kappa shape index (κ2) is 9.69. The smallest absolute Gasteiger partial charge is 0.259 e. The van der Waals surface area contributed by atoms with Gasteiger partial charge in [-0.3, -0.25) is 0 Å². The van der Waals surface area contributed by atoms with Crippen LogP contribution in [0.5, 0.6) is 0 Å². The average Bonchev–Trinajstić information content (AvgIpc) is 2.27. The van der Waals surface area contributed by atoms with Gasteiger partial charge in [-0.15, -0.1) is 0 Å². The van der Waals surface area contributed by atoms with Gasteiger partial charge in [-0.1, -0.05) is 6.92 Å². The van der Waals surface area contributed by atoms with Crippen molar-refractivity contribution in [2.24, 2.45) is 0 Å². The van der Waals surface area contributed by atoms with Gasteiger partial charge >= 0.3 is 0 Å². The zero-order valence-electron chi connectivity index (χ0n) is 12.5. The monoisotopic (exact) mass is 274 g/mol. The summed E-state index contributed by atoms with van der Waals surface area (Å²) in [6.07, 6.45) is 1.55. The number of nitriles is 1. The van der Waals surface area contributed by atoms with Crippen LogP contribution in [0.25, 0.3) is 0 Å². The lowest BCUT2D eigenvalue weighted by molar-refractivity contribution is 0.139. The largest absolute Gasteiger partial charge is 0.321 e. The lowest BCUT2D eigenvalue weighted by Gasteiger charge is -2.36. The number of hydrogen-bond acceptors (Lipinski definition) is 4. The molecule has 2 atom stereocenters. The van der Waals surface area contributed by atoms with Crippen molar-refractivity contribution >= 4 is 8.53 Å². The van der Waals surface area contributed by atoms with Crippen molar-refractivity contribution in [1.29, 1.82) is 5.26 Å². The Morgan fingerprint density at radius 2 is 1.72 bits per heavy atom. The van der Waals surface area contributed by atoms with Gasteiger partial charge < -0.3 is 9.05 Å². The molecule has 0 aliphatic rings. The molecule has 4 nitrogen and oxygen atoms in total. The van der Waals surface area contributed by atoms with Crippen molar-refractivity contribution in [3.63, 3.8) is 0 Å². The van der Waals surface area contributed by atoms with E-state index in [4.69, 9.17) is 14.3 Å². The van der Waals surface area contributed by atoms with Gasteiger partial charge in [-0.2, -0.15) is 5.26 Å². The molecule has 0 spiro atoms. The molecule has 5 heteroatoms. The first kappa shape index (κ1) is 17.8. The molecule has 0 aromatic carbocycles. The van der Waals surface area contributed by atoms with E-state index in [2.05, 4.69) is 52.3 Å². The average molecular weight is 274 g/mol. The standard InChI is InChI=1S/C13H27N2O2P/c1-7-13(6)17-18(16-10-8-9-14)15(11(2)3)12(4)5/h11-13H,7-8,10H2,1-6H3. The molecule has 0 aliphatic carbocycles. The summed E-state index contributed by atoms with van der Waals surface area (Å²) >= 11 is 0. The van der Waals surface area contributed by atoms with Crippen LogP contribution in [-0.4, -0.2) is 29.5 Å². The molecule has 0 saturated carbocycles. The lowest BCUT2D eigenvalue weighted by atomic mass is 10.3. The molecule has 2 unspecified atom stereocenters. The predicted molar refractivity (Wildman–Crippen MR) is 76.1 cm³/mol. The summed E-state index contributed by atoms with van der Waals surface area (Å²) in [5.41, 5.74) is 0. The quantitative estimate of drug-likeness (QED) is 0.469. The van der Waals surface area contributed by atoms with E-state index in [0.29, 0.717) is 25.1 Å². The van der Waals surface area contributed by atoms with Crippen LogP contribution in [0.1, 0.15) is 54.4 Å². The van der Waals surface area contributed by atoms with Gasteiger partial charge in [-0.25, -0.2) is 4.67 Å². The van der Waals surface area contributed by atoms with Gasteiger partial charge in [0.15, 0.2) is 0 Å². The van der Waals surface area contributed by atoms with Gasteiger partial charge in [0.2, 0.25) is 0 Å². The maximum atomic E-state index is 8.59. The summed E-state index contributed by atoms with van der Waals surface area (Å²) in [5, 5.41) is 8.59. The highest BCUT2D eigenvalue weighted by Gasteiger charge is 2.28. The highest BCUT2D eigenvalue weighted by Crippen LogP contribution is 2.47. The molecule has 0 fully saturated rings. The Morgan fingerprint density at radius 3 is 2.11 bits per heavy atom. The van der Waals surface area contributed by atoms with Gasteiger partial charge in [0.25, 0.3) is 8.53 Å². The molecule has 18 heavy (non-hydrogen) atoms. The third-order valence-corrected chi connectivity index (χ3v) is 4.75. The first-order chi connectivity index (χ1) is 8.43. The minimum Gasteiger partial charge on any atom is -0.321 e. The molecule has 0 saturated heterocycles. The molecule has 106 valence electrons. The van der Waals surface area contributed by atoms with Crippen LogP contribution >= 0.6 is 8.53 Å². The van der Waals surface area contributed by atoms with Gasteiger partial charge in [-0.05, 0) is 41.0 Å². The zero-order chi connectivity index (χ0) is 14.1. The third kappa shape index (κ3) is 6.66. The molecule has 0 rings (SSSR count). The lowest BCUT2D eigenvalue weighted by Crippen LogP contribution is -2.34. The predicted octanol–water partition coefficient (Wildman–Crippen LogP) is 4.08. The fourth-order valence-corrected chi connectivity index (χ4v) is 3.28. The van der Waals surface area contributed by atoms with Crippen molar-refractivity contribution < 1.29 is 9.05 Å². The van der Waals surface area contributed by atoms with E-state index in [9.17, 15) is 0 Å².